The number of halogens is 1. The number of ether oxygens (including phenoxy) is 2. The van der Waals surface area contributed by atoms with Gasteiger partial charge in [0.2, 0.25) is 0 Å². The van der Waals surface area contributed by atoms with Gasteiger partial charge in [-0.3, -0.25) is 4.79 Å². The quantitative estimate of drug-likeness (QED) is 0.903. The van der Waals surface area contributed by atoms with Crippen LogP contribution in [0.15, 0.2) is 48.5 Å². The fraction of sp³-hybridized carbons (Fsp3) is 0.278. The molecule has 0 aliphatic carbocycles. The Hall–Kier alpha value is -2.24. The lowest BCUT2D eigenvalue weighted by Gasteiger charge is -2.31. The number of nitrogens with zero attached hydrogens (tertiary/aromatic N) is 1. The van der Waals surface area contributed by atoms with Crippen molar-refractivity contribution >= 4 is 28.9 Å². The predicted molar refractivity (Wildman–Crippen MR) is 95.1 cm³/mol. The summed E-state index contributed by atoms with van der Waals surface area (Å²) in [4.78, 5) is 14.3. The summed E-state index contributed by atoms with van der Waals surface area (Å²) >= 11 is 6.35. The van der Waals surface area contributed by atoms with Crippen LogP contribution in [0.2, 0.25) is 5.02 Å². The number of hydrogen-bond acceptors (Lipinski definition) is 4. The molecule has 0 unspecified atom stereocenters. The van der Waals surface area contributed by atoms with Crippen molar-refractivity contribution in [1.29, 1.82) is 0 Å². The van der Waals surface area contributed by atoms with E-state index >= 15 is 0 Å². The first-order valence-electron chi connectivity index (χ1n) is 7.83. The fourth-order valence-electron chi connectivity index (χ4n) is 2.58. The highest BCUT2D eigenvalue weighted by Gasteiger charge is 2.19. The number of para-hydroxylation sites is 2. The van der Waals surface area contributed by atoms with Gasteiger partial charge in [0.1, 0.15) is 5.75 Å². The van der Waals surface area contributed by atoms with Gasteiger partial charge in [0.25, 0.3) is 5.91 Å². The van der Waals surface area contributed by atoms with Crippen molar-refractivity contribution in [3.05, 3.63) is 53.6 Å². The van der Waals surface area contributed by atoms with Crippen LogP contribution in [0.25, 0.3) is 0 Å². The lowest BCUT2D eigenvalue weighted by atomic mass is 10.2. The molecule has 1 fully saturated rings. The average molecular weight is 347 g/mol. The Bertz CT molecular complexity index is 688. The standard InChI is InChI=1S/C18H19ClN2O3/c19-15-7-4-8-16(18(15)21-9-11-23-12-10-21)20-17(22)13-24-14-5-2-1-3-6-14/h1-8H,9-13H2,(H,20,22). The molecule has 126 valence electrons. The first-order chi connectivity index (χ1) is 11.7. The zero-order valence-electron chi connectivity index (χ0n) is 13.2. The molecule has 0 radical (unpaired) electrons. The van der Waals surface area contributed by atoms with Crippen LogP contribution in [0, 0.1) is 0 Å². The zero-order chi connectivity index (χ0) is 16.8. The number of nitrogens with one attached hydrogen (secondary N) is 1. The number of carbonyl (C=O) groups excluding carboxylic acids is 1. The third kappa shape index (κ3) is 4.19. The van der Waals surface area contributed by atoms with Gasteiger partial charge in [-0.15, -0.1) is 0 Å². The second-order valence-corrected chi connectivity index (χ2v) is 5.79. The molecule has 0 spiro atoms. The Kier molecular flexibility index (Phi) is 5.56. The summed E-state index contributed by atoms with van der Waals surface area (Å²) in [5, 5.41) is 3.50. The number of anilines is 2. The molecule has 1 aliphatic rings. The zero-order valence-corrected chi connectivity index (χ0v) is 14.0. The fourth-order valence-corrected chi connectivity index (χ4v) is 2.87. The molecule has 24 heavy (non-hydrogen) atoms. The van der Waals surface area contributed by atoms with Gasteiger partial charge in [0.05, 0.1) is 29.6 Å². The molecular weight excluding hydrogens is 328 g/mol. The topological polar surface area (TPSA) is 50.8 Å². The Balaban J connectivity index is 1.67. The molecule has 0 bridgehead atoms. The van der Waals surface area contributed by atoms with Gasteiger partial charge in [-0.05, 0) is 24.3 Å². The van der Waals surface area contributed by atoms with Crippen molar-refractivity contribution in [2.24, 2.45) is 0 Å². The van der Waals surface area contributed by atoms with Crippen LogP contribution in [0.5, 0.6) is 5.75 Å². The van der Waals surface area contributed by atoms with Crippen LogP contribution >= 0.6 is 11.6 Å². The van der Waals surface area contributed by atoms with E-state index in [2.05, 4.69) is 10.2 Å². The van der Waals surface area contributed by atoms with E-state index in [1.165, 1.54) is 0 Å². The molecule has 1 aliphatic heterocycles. The molecule has 1 N–H and O–H groups in total. The molecule has 1 amide bonds. The van der Waals surface area contributed by atoms with E-state index in [0.29, 0.717) is 29.7 Å². The van der Waals surface area contributed by atoms with Crippen LogP contribution < -0.4 is 15.0 Å². The van der Waals surface area contributed by atoms with Gasteiger partial charge in [-0.1, -0.05) is 35.9 Å². The lowest BCUT2D eigenvalue weighted by molar-refractivity contribution is -0.118. The summed E-state index contributed by atoms with van der Waals surface area (Å²) in [6, 6.07) is 14.7. The van der Waals surface area contributed by atoms with E-state index in [1.807, 2.05) is 48.5 Å². The molecule has 2 aromatic carbocycles. The molecule has 1 heterocycles. The molecular formula is C18H19ClN2O3. The lowest BCUT2D eigenvalue weighted by Crippen LogP contribution is -2.37. The third-order valence-electron chi connectivity index (χ3n) is 3.70. The van der Waals surface area contributed by atoms with Crippen molar-refractivity contribution < 1.29 is 14.3 Å². The third-order valence-corrected chi connectivity index (χ3v) is 4.01. The van der Waals surface area contributed by atoms with Crippen LogP contribution in [0.3, 0.4) is 0 Å². The monoisotopic (exact) mass is 346 g/mol. The minimum atomic E-state index is -0.226. The highest BCUT2D eigenvalue weighted by Crippen LogP contribution is 2.34. The van der Waals surface area contributed by atoms with E-state index < -0.39 is 0 Å². The Morgan fingerprint density at radius 3 is 2.62 bits per heavy atom. The van der Waals surface area contributed by atoms with Crippen molar-refractivity contribution in [3.63, 3.8) is 0 Å². The van der Waals surface area contributed by atoms with Crippen molar-refractivity contribution in [2.75, 3.05) is 43.1 Å². The Morgan fingerprint density at radius 1 is 1.12 bits per heavy atom. The highest BCUT2D eigenvalue weighted by atomic mass is 35.5. The number of hydrogen-bond donors (Lipinski definition) is 1. The van der Waals surface area contributed by atoms with E-state index in [4.69, 9.17) is 21.1 Å². The molecule has 0 saturated carbocycles. The highest BCUT2D eigenvalue weighted by molar-refractivity contribution is 6.34. The second-order valence-electron chi connectivity index (χ2n) is 5.39. The summed E-state index contributed by atoms with van der Waals surface area (Å²) in [7, 11) is 0. The molecule has 2 aromatic rings. The molecule has 0 aromatic heterocycles. The SMILES string of the molecule is O=C(COc1ccccc1)Nc1cccc(Cl)c1N1CCOCC1. The van der Waals surface area contributed by atoms with Gasteiger partial charge in [-0.25, -0.2) is 0 Å². The number of rotatable bonds is 5. The summed E-state index contributed by atoms with van der Waals surface area (Å²) in [6.45, 7) is 2.73. The Labute approximate surface area is 146 Å². The number of benzene rings is 2. The van der Waals surface area contributed by atoms with E-state index in [-0.39, 0.29) is 12.5 Å². The molecule has 5 nitrogen and oxygen atoms in total. The van der Waals surface area contributed by atoms with Crippen LogP contribution in [-0.4, -0.2) is 38.8 Å². The average Bonchev–Trinajstić information content (AvgIpc) is 2.62. The molecule has 3 rings (SSSR count). The molecule has 6 heteroatoms. The number of amides is 1. The smallest absolute Gasteiger partial charge is 0.262 e. The van der Waals surface area contributed by atoms with E-state index in [1.54, 1.807) is 0 Å². The molecule has 1 saturated heterocycles. The van der Waals surface area contributed by atoms with Gasteiger partial charge in [0, 0.05) is 13.1 Å². The van der Waals surface area contributed by atoms with Crippen molar-refractivity contribution in [3.8, 4) is 5.75 Å². The normalized spacial score (nSPS) is 14.3. The number of carbonyl (C=O) groups is 1. The van der Waals surface area contributed by atoms with Crippen LogP contribution in [0.4, 0.5) is 11.4 Å². The van der Waals surface area contributed by atoms with Crippen LogP contribution in [-0.2, 0) is 9.53 Å². The minimum absolute atomic E-state index is 0.0565. The first-order valence-corrected chi connectivity index (χ1v) is 8.21. The first kappa shape index (κ1) is 16.6. The maximum Gasteiger partial charge on any atom is 0.262 e. The second kappa shape index (κ2) is 8.04. The summed E-state index contributed by atoms with van der Waals surface area (Å²) < 4.78 is 10.9. The summed E-state index contributed by atoms with van der Waals surface area (Å²) in [6.07, 6.45) is 0. The van der Waals surface area contributed by atoms with Gasteiger partial charge >= 0.3 is 0 Å². The van der Waals surface area contributed by atoms with E-state index in [0.717, 1.165) is 18.8 Å². The minimum Gasteiger partial charge on any atom is -0.484 e. The predicted octanol–water partition coefficient (Wildman–Crippen LogP) is 3.19. The maximum absolute atomic E-state index is 12.2. The Morgan fingerprint density at radius 2 is 1.88 bits per heavy atom. The van der Waals surface area contributed by atoms with Gasteiger partial charge < -0.3 is 19.7 Å². The van der Waals surface area contributed by atoms with Crippen molar-refractivity contribution in [1.82, 2.24) is 0 Å². The summed E-state index contributed by atoms with van der Waals surface area (Å²) in [5.74, 6) is 0.433. The summed E-state index contributed by atoms with van der Waals surface area (Å²) in [5.41, 5.74) is 1.52. The van der Waals surface area contributed by atoms with Crippen molar-refractivity contribution in [2.45, 2.75) is 0 Å². The van der Waals surface area contributed by atoms with Gasteiger partial charge in [0.15, 0.2) is 6.61 Å². The van der Waals surface area contributed by atoms with Gasteiger partial charge in [-0.2, -0.15) is 0 Å². The number of morpholine rings is 1. The van der Waals surface area contributed by atoms with Crippen LogP contribution in [0.1, 0.15) is 0 Å². The maximum atomic E-state index is 12.2. The molecule has 0 atom stereocenters. The largest absolute Gasteiger partial charge is 0.484 e. The van der Waals surface area contributed by atoms with E-state index in [9.17, 15) is 4.79 Å².